The first kappa shape index (κ1) is 22.0. The summed E-state index contributed by atoms with van der Waals surface area (Å²) < 4.78 is 5.20. The van der Waals surface area contributed by atoms with Gasteiger partial charge in [0.2, 0.25) is 0 Å². The molecule has 0 heterocycles. The van der Waals surface area contributed by atoms with Crippen molar-refractivity contribution in [2.75, 3.05) is 55.4 Å². The smallest absolute Gasteiger partial charge is 0.126 e. The van der Waals surface area contributed by atoms with Gasteiger partial charge in [-0.1, -0.05) is 12.1 Å². The topological polar surface area (TPSA) is 43.3 Å². The van der Waals surface area contributed by atoms with E-state index in [1.165, 1.54) is 0 Å². The molecule has 31 heavy (non-hydrogen) atoms. The van der Waals surface area contributed by atoms with Crippen LogP contribution < -0.4 is 24.9 Å². The van der Waals surface area contributed by atoms with Crippen LogP contribution in [0, 0.1) is 0 Å². The van der Waals surface area contributed by atoms with Crippen LogP contribution in [0.25, 0.3) is 0 Å². The Morgan fingerprint density at radius 2 is 1.32 bits per heavy atom. The molecular formula is C25H31N5O. The number of benzene rings is 3. The molecule has 0 bridgehead atoms. The number of hydrogen-bond donors (Lipinski definition) is 1. The number of hydrogen-bond acceptors (Lipinski definition) is 5. The van der Waals surface area contributed by atoms with Crippen molar-refractivity contribution in [3.8, 4) is 5.75 Å². The van der Waals surface area contributed by atoms with Gasteiger partial charge >= 0.3 is 0 Å². The van der Waals surface area contributed by atoms with Crippen molar-refractivity contribution in [3.63, 3.8) is 0 Å². The van der Waals surface area contributed by atoms with Gasteiger partial charge in [-0.15, -0.1) is 0 Å². The van der Waals surface area contributed by atoms with Crippen LogP contribution >= 0.6 is 0 Å². The van der Waals surface area contributed by atoms with Gasteiger partial charge in [0.05, 0.1) is 24.2 Å². The van der Waals surface area contributed by atoms with Gasteiger partial charge in [0, 0.05) is 39.6 Å². The third-order valence-corrected chi connectivity index (χ3v) is 5.12. The molecule has 0 saturated carbocycles. The minimum absolute atomic E-state index is 0.842. The fourth-order valence-electron chi connectivity index (χ4n) is 3.24. The van der Waals surface area contributed by atoms with Crippen LogP contribution in [0.1, 0.15) is 6.92 Å². The van der Waals surface area contributed by atoms with Crippen molar-refractivity contribution in [1.29, 1.82) is 0 Å². The minimum atomic E-state index is 0.842. The maximum absolute atomic E-state index is 5.20. The van der Waals surface area contributed by atoms with E-state index in [2.05, 4.69) is 39.4 Å². The molecule has 162 valence electrons. The second-order valence-electron chi connectivity index (χ2n) is 7.51. The number of amidine groups is 1. The van der Waals surface area contributed by atoms with E-state index in [4.69, 9.17) is 9.84 Å². The van der Waals surface area contributed by atoms with E-state index in [-0.39, 0.29) is 0 Å². The summed E-state index contributed by atoms with van der Waals surface area (Å²) in [6.07, 6.45) is 0. The highest BCUT2D eigenvalue weighted by Crippen LogP contribution is 2.27. The van der Waals surface area contributed by atoms with Gasteiger partial charge in [-0.3, -0.25) is 5.01 Å². The van der Waals surface area contributed by atoms with Crippen molar-refractivity contribution >= 4 is 34.3 Å². The lowest BCUT2D eigenvalue weighted by Gasteiger charge is -2.26. The molecule has 0 aliphatic rings. The van der Waals surface area contributed by atoms with E-state index in [1.54, 1.807) is 7.11 Å². The molecule has 0 amide bonds. The average molecular weight is 418 g/mol. The molecule has 1 N–H and O–H groups in total. The third kappa shape index (κ3) is 5.48. The SMILES string of the molecule is COc1ccc(Nc2ccc(N(C)/N=C(\C)N(C)c3ccccc3N(C)C)cc2)cc1. The van der Waals surface area contributed by atoms with Crippen LogP contribution in [-0.2, 0) is 0 Å². The Labute approximate surface area is 185 Å². The largest absolute Gasteiger partial charge is 0.497 e. The van der Waals surface area contributed by atoms with Gasteiger partial charge in [-0.25, -0.2) is 0 Å². The van der Waals surface area contributed by atoms with Crippen molar-refractivity contribution < 1.29 is 4.74 Å². The molecule has 0 unspecified atom stereocenters. The summed E-state index contributed by atoms with van der Waals surface area (Å²) in [5.41, 5.74) is 5.29. The van der Waals surface area contributed by atoms with E-state index < -0.39 is 0 Å². The number of methoxy groups -OCH3 is 1. The Hall–Kier alpha value is -3.67. The molecule has 0 aromatic heterocycles. The summed E-state index contributed by atoms with van der Waals surface area (Å²) in [7, 11) is 9.76. The first-order chi connectivity index (χ1) is 14.9. The number of anilines is 5. The third-order valence-electron chi connectivity index (χ3n) is 5.12. The monoisotopic (exact) mass is 417 g/mol. The number of hydrazone groups is 1. The summed E-state index contributed by atoms with van der Waals surface area (Å²) in [5, 5.41) is 10.1. The zero-order valence-corrected chi connectivity index (χ0v) is 19.1. The van der Waals surface area contributed by atoms with E-state index >= 15 is 0 Å². The van der Waals surface area contributed by atoms with Crippen molar-refractivity contribution in [3.05, 3.63) is 72.8 Å². The second-order valence-corrected chi connectivity index (χ2v) is 7.51. The highest BCUT2D eigenvalue weighted by Gasteiger charge is 2.12. The molecule has 0 aliphatic heterocycles. The zero-order valence-electron chi connectivity index (χ0n) is 19.1. The molecule has 3 rings (SSSR count). The first-order valence-corrected chi connectivity index (χ1v) is 10.2. The van der Waals surface area contributed by atoms with Crippen molar-refractivity contribution in [2.24, 2.45) is 5.10 Å². The summed E-state index contributed by atoms with van der Waals surface area (Å²) in [6, 6.07) is 24.4. The van der Waals surface area contributed by atoms with Crippen LogP contribution in [0.3, 0.4) is 0 Å². The molecule has 3 aromatic carbocycles. The molecule has 0 aliphatic carbocycles. The molecule has 0 saturated heterocycles. The van der Waals surface area contributed by atoms with Crippen LogP contribution in [0.2, 0.25) is 0 Å². The number of ether oxygens (including phenoxy) is 1. The predicted octanol–water partition coefficient (Wildman–Crippen LogP) is 5.41. The second kappa shape index (κ2) is 9.89. The van der Waals surface area contributed by atoms with Gasteiger partial charge in [0.25, 0.3) is 0 Å². The number of para-hydroxylation sites is 2. The lowest BCUT2D eigenvalue weighted by Crippen LogP contribution is -2.28. The lowest BCUT2D eigenvalue weighted by atomic mass is 10.2. The minimum Gasteiger partial charge on any atom is -0.497 e. The Kier molecular flexibility index (Phi) is 7.03. The highest BCUT2D eigenvalue weighted by atomic mass is 16.5. The Morgan fingerprint density at radius 1 is 0.774 bits per heavy atom. The van der Waals surface area contributed by atoms with E-state index in [9.17, 15) is 0 Å². The van der Waals surface area contributed by atoms with Crippen LogP contribution in [0.15, 0.2) is 77.9 Å². The summed E-state index contributed by atoms with van der Waals surface area (Å²) in [6.45, 7) is 2.02. The maximum Gasteiger partial charge on any atom is 0.126 e. The number of rotatable bonds is 7. The van der Waals surface area contributed by atoms with Gasteiger partial charge < -0.3 is 19.9 Å². The average Bonchev–Trinajstić information content (AvgIpc) is 2.79. The lowest BCUT2D eigenvalue weighted by molar-refractivity contribution is 0.415. The first-order valence-electron chi connectivity index (χ1n) is 10.2. The molecule has 6 nitrogen and oxygen atoms in total. The van der Waals surface area contributed by atoms with Crippen molar-refractivity contribution in [1.82, 2.24) is 0 Å². The van der Waals surface area contributed by atoms with Crippen LogP contribution in [-0.4, -0.2) is 41.1 Å². The summed E-state index contributed by atoms with van der Waals surface area (Å²) >= 11 is 0. The van der Waals surface area contributed by atoms with E-state index in [0.717, 1.165) is 40.0 Å². The molecule has 6 heteroatoms. The Morgan fingerprint density at radius 3 is 1.87 bits per heavy atom. The zero-order chi connectivity index (χ0) is 22.4. The highest BCUT2D eigenvalue weighted by molar-refractivity contribution is 5.98. The molecule has 0 fully saturated rings. The fraction of sp³-hybridized carbons (Fsp3) is 0.240. The maximum atomic E-state index is 5.20. The normalized spacial score (nSPS) is 11.1. The standard InChI is InChI=1S/C25H31N5O/c1-19(29(4)25-10-8-7-9-24(25)28(2)3)27-30(5)22-15-11-20(12-16-22)26-21-13-17-23(31-6)18-14-21/h7-18,26H,1-6H3/b27-19+. The Bertz CT molecular complexity index is 1010. The molecule has 0 radical (unpaired) electrons. The number of nitrogens with one attached hydrogen (secondary N) is 1. The van der Waals surface area contributed by atoms with E-state index in [1.807, 2.05) is 88.7 Å². The van der Waals surface area contributed by atoms with Gasteiger partial charge in [-0.2, -0.15) is 5.10 Å². The van der Waals surface area contributed by atoms with E-state index in [0.29, 0.717) is 0 Å². The molecule has 3 aromatic rings. The predicted molar refractivity (Wildman–Crippen MR) is 133 cm³/mol. The van der Waals surface area contributed by atoms with Gasteiger partial charge in [0.1, 0.15) is 11.6 Å². The molecule has 0 atom stereocenters. The summed E-state index contributed by atoms with van der Waals surface area (Å²) in [4.78, 5) is 4.21. The van der Waals surface area contributed by atoms with Gasteiger partial charge in [0.15, 0.2) is 0 Å². The van der Waals surface area contributed by atoms with Crippen LogP contribution in [0.4, 0.5) is 28.4 Å². The van der Waals surface area contributed by atoms with Crippen molar-refractivity contribution in [2.45, 2.75) is 6.92 Å². The molecular weight excluding hydrogens is 386 g/mol. The fourth-order valence-corrected chi connectivity index (χ4v) is 3.24. The van der Waals surface area contributed by atoms with Crippen LogP contribution in [0.5, 0.6) is 5.75 Å². The van der Waals surface area contributed by atoms with Gasteiger partial charge in [-0.05, 0) is 67.6 Å². The quantitative estimate of drug-likeness (QED) is 0.316. The Balaban J connectivity index is 1.70. The molecule has 0 spiro atoms. The number of nitrogens with zero attached hydrogens (tertiary/aromatic N) is 4. The summed E-state index contributed by atoms with van der Waals surface area (Å²) in [5.74, 6) is 1.74.